The van der Waals surface area contributed by atoms with Gasteiger partial charge in [-0.1, -0.05) is 6.08 Å². The second kappa shape index (κ2) is 7.88. The predicted octanol–water partition coefficient (Wildman–Crippen LogP) is 1.62. The molecule has 2 N–H and O–H groups in total. The van der Waals surface area contributed by atoms with E-state index in [1.54, 1.807) is 18.2 Å². The Kier molecular flexibility index (Phi) is 7.08. The molecule has 0 amide bonds. The Hall–Kier alpha value is -1.22. The average molecular weight is 169 g/mol. The van der Waals surface area contributed by atoms with E-state index < -0.39 is 0 Å². The van der Waals surface area contributed by atoms with Crippen molar-refractivity contribution in [2.45, 2.75) is 0 Å². The summed E-state index contributed by atoms with van der Waals surface area (Å²) >= 11 is 0. The molecule has 0 heterocycles. The van der Waals surface area contributed by atoms with Crippen LogP contribution in [-0.4, -0.2) is 34.7 Å². The van der Waals surface area contributed by atoms with E-state index in [-0.39, 0.29) is 0 Å². The summed E-state index contributed by atoms with van der Waals surface area (Å²) in [7, 11) is 0. The summed E-state index contributed by atoms with van der Waals surface area (Å²) in [5, 5.41) is 16.8. The van der Waals surface area contributed by atoms with Gasteiger partial charge in [0.2, 0.25) is 0 Å². The third-order valence-corrected chi connectivity index (χ3v) is 1.33. The first kappa shape index (κ1) is 10.8. The molecule has 0 aromatic rings. The van der Waals surface area contributed by atoms with Crippen LogP contribution < -0.4 is 0 Å². The molecule has 0 fully saturated rings. The Morgan fingerprint density at radius 3 is 1.83 bits per heavy atom. The highest BCUT2D eigenvalue weighted by Crippen LogP contribution is 1.89. The van der Waals surface area contributed by atoms with Crippen LogP contribution in [0.2, 0.25) is 0 Å². The van der Waals surface area contributed by atoms with Gasteiger partial charge in [-0.3, -0.25) is 4.90 Å². The molecule has 0 aliphatic heterocycles. The fourth-order valence-corrected chi connectivity index (χ4v) is 0.799. The van der Waals surface area contributed by atoms with Gasteiger partial charge >= 0.3 is 0 Å². The molecule has 0 saturated carbocycles. The summed E-state index contributed by atoms with van der Waals surface area (Å²) in [6.45, 7) is 5.62. The van der Waals surface area contributed by atoms with Gasteiger partial charge in [0, 0.05) is 19.6 Å². The maximum Gasteiger partial charge on any atom is 0.0764 e. The van der Waals surface area contributed by atoms with E-state index in [4.69, 9.17) is 10.2 Å². The van der Waals surface area contributed by atoms with Crippen LogP contribution in [-0.2, 0) is 0 Å². The monoisotopic (exact) mass is 169 g/mol. The molecular weight excluding hydrogens is 154 g/mol. The van der Waals surface area contributed by atoms with Crippen molar-refractivity contribution in [3.63, 3.8) is 0 Å². The number of aliphatic hydroxyl groups excluding tert-OH is 2. The summed E-state index contributed by atoms with van der Waals surface area (Å²) in [6.07, 6.45) is 7.07. The van der Waals surface area contributed by atoms with Crippen molar-refractivity contribution in [1.29, 1.82) is 0 Å². The van der Waals surface area contributed by atoms with Gasteiger partial charge in [-0.05, 0) is 12.2 Å². The second-order valence-corrected chi connectivity index (χ2v) is 2.28. The van der Waals surface area contributed by atoms with E-state index in [1.165, 1.54) is 0 Å². The van der Waals surface area contributed by atoms with Crippen LogP contribution in [0.15, 0.2) is 37.3 Å². The van der Waals surface area contributed by atoms with E-state index in [9.17, 15) is 0 Å². The molecule has 0 aromatic carbocycles. The minimum atomic E-state index is 0.646. The largest absolute Gasteiger partial charge is 0.516 e. The Balaban J connectivity index is 3.76. The Morgan fingerprint density at radius 1 is 1.00 bits per heavy atom. The van der Waals surface area contributed by atoms with Gasteiger partial charge < -0.3 is 10.2 Å². The number of hydrogen-bond donors (Lipinski definition) is 2. The number of aliphatic hydroxyl groups is 2. The molecule has 0 aliphatic rings. The van der Waals surface area contributed by atoms with Crippen LogP contribution in [0.25, 0.3) is 0 Å². The summed E-state index contributed by atoms with van der Waals surface area (Å²) in [5.74, 6) is 0. The SMILES string of the molecule is C=CCN(CC=CO)CC=CO. The quantitative estimate of drug-likeness (QED) is 0.469. The van der Waals surface area contributed by atoms with E-state index >= 15 is 0 Å². The standard InChI is InChI=1S/C9H15NO2/c1-2-5-10(6-3-8-11)7-4-9-12/h2-4,8-9,11-12H,1,5-7H2. The van der Waals surface area contributed by atoms with Gasteiger partial charge in [0.25, 0.3) is 0 Å². The normalized spacial score (nSPS) is 11.8. The van der Waals surface area contributed by atoms with Crippen molar-refractivity contribution in [2.24, 2.45) is 0 Å². The zero-order chi connectivity index (χ0) is 9.23. The molecule has 0 bridgehead atoms. The smallest absolute Gasteiger partial charge is 0.0764 e. The summed E-state index contributed by atoms with van der Waals surface area (Å²) in [4.78, 5) is 1.99. The molecule has 0 aromatic heterocycles. The van der Waals surface area contributed by atoms with Crippen LogP contribution in [0.4, 0.5) is 0 Å². The maximum atomic E-state index is 8.41. The van der Waals surface area contributed by atoms with Crippen molar-refractivity contribution in [3.8, 4) is 0 Å². The lowest BCUT2D eigenvalue weighted by molar-refractivity contribution is 0.361. The van der Waals surface area contributed by atoms with Crippen LogP contribution in [0, 0.1) is 0 Å². The van der Waals surface area contributed by atoms with Crippen molar-refractivity contribution in [3.05, 3.63) is 37.3 Å². The molecule has 0 spiro atoms. The van der Waals surface area contributed by atoms with Crippen LogP contribution in [0.5, 0.6) is 0 Å². The molecule has 0 aliphatic carbocycles. The first-order chi connectivity index (χ1) is 5.85. The van der Waals surface area contributed by atoms with E-state index in [2.05, 4.69) is 6.58 Å². The fourth-order valence-electron chi connectivity index (χ4n) is 0.799. The zero-order valence-corrected chi connectivity index (χ0v) is 7.06. The molecule has 3 heteroatoms. The summed E-state index contributed by atoms with van der Waals surface area (Å²) in [6, 6.07) is 0. The Labute approximate surface area is 72.9 Å². The minimum Gasteiger partial charge on any atom is -0.516 e. The lowest BCUT2D eigenvalue weighted by Gasteiger charge is -2.15. The third-order valence-electron chi connectivity index (χ3n) is 1.33. The Bertz CT molecular complexity index is 150. The van der Waals surface area contributed by atoms with E-state index in [0.29, 0.717) is 13.1 Å². The highest BCUT2D eigenvalue weighted by Gasteiger charge is 1.96. The molecule has 0 radical (unpaired) electrons. The molecule has 0 atom stereocenters. The minimum absolute atomic E-state index is 0.646. The zero-order valence-electron chi connectivity index (χ0n) is 7.06. The van der Waals surface area contributed by atoms with Crippen molar-refractivity contribution >= 4 is 0 Å². The van der Waals surface area contributed by atoms with Gasteiger partial charge in [-0.2, -0.15) is 0 Å². The molecule has 0 unspecified atom stereocenters. The molecular formula is C9H15NO2. The molecule has 3 nitrogen and oxygen atoms in total. The first-order valence-corrected chi connectivity index (χ1v) is 3.76. The molecule has 68 valence electrons. The maximum absolute atomic E-state index is 8.41. The van der Waals surface area contributed by atoms with E-state index in [1.807, 2.05) is 4.90 Å². The number of hydrogen-bond acceptors (Lipinski definition) is 3. The predicted molar refractivity (Wildman–Crippen MR) is 50.2 cm³/mol. The Morgan fingerprint density at radius 2 is 1.50 bits per heavy atom. The lowest BCUT2D eigenvalue weighted by Crippen LogP contribution is -2.23. The van der Waals surface area contributed by atoms with Gasteiger partial charge in [0.05, 0.1) is 12.5 Å². The van der Waals surface area contributed by atoms with Crippen LogP contribution in [0.3, 0.4) is 0 Å². The van der Waals surface area contributed by atoms with Crippen LogP contribution >= 0.6 is 0 Å². The second-order valence-electron chi connectivity index (χ2n) is 2.28. The fraction of sp³-hybridized carbons (Fsp3) is 0.333. The number of rotatable bonds is 6. The van der Waals surface area contributed by atoms with Crippen molar-refractivity contribution in [1.82, 2.24) is 4.90 Å². The van der Waals surface area contributed by atoms with Crippen LogP contribution in [0.1, 0.15) is 0 Å². The topological polar surface area (TPSA) is 43.7 Å². The molecule has 0 rings (SSSR count). The van der Waals surface area contributed by atoms with Crippen molar-refractivity contribution in [2.75, 3.05) is 19.6 Å². The molecule has 12 heavy (non-hydrogen) atoms. The van der Waals surface area contributed by atoms with E-state index in [0.717, 1.165) is 19.1 Å². The van der Waals surface area contributed by atoms with Gasteiger partial charge in [0.1, 0.15) is 0 Å². The highest BCUT2D eigenvalue weighted by atomic mass is 16.2. The van der Waals surface area contributed by atoms with Crippen molar-refractivity contribution < 1.29 is 10.2 Å². The highest BCUT2D eigenvalue weighted by molar-refractivity contribution is 4.86. The first-order valence-electron chi connectivity index (χ1n) is 3.76. The number of nitrogens with zero attached hydrogens (tertiary/aromatic N) is 1. The third kappa shape index (κ3) is 5.56. The lowest BCUT2D eigenvalue weighted by atomic mass is 10.4. The van der Waals surface area contributed by atoms with Gasteiger partial charge in [0.15, 0.2) is 0 Å². The summed E-state index contributed by atoms with van der Waals surface area (Å²) in [5.41, 5.74) is 0. The van der Waals surface area contributed by atoms with Gasteiger partial charge in [-0.15, -0.1) is 6.58 Å². The van der Waals surface area contributed by atoms with Gasteiger partial charge in [-0.25, -0.2) is 0 Å². The molecule has 0 saturated heterocycles. The summed E-state index contributed by atoms with van der Waals surface area (Å²) < 4.78 is 0. The average Bonchev–Trinajstić information content (AvgIpc) is 2.10.